The molecule has 0 aliphatic carbocycles. The maximum Gasteiger partial charge on any atom is 0.460 e. The lowest BCUT2D eigenvalue weighted by molar-refractivity contribution is -0.462. The zero-order valence-electron chi connectivity index (χ0n) is 15.4. The second kappa shape index (κ2) is 8.85. The van der Waals surface area contributed by atoms with Crippen LogP contribution < -0.4 is 0 Å². The van der Waals surface area contributed by atoms with E-state index in [0.29, 0.717) is 6.42 Å². The minimum atomic E-state index is -8.60. The molecule has 0 aromatic rings. The number of hydrogen-bond donors (Lipinski definition) is 0. The summed E-state index contributed by atoms with van der Waals surface area (Å²) in [6, 6.07) is 0. The van der Waals surface area contributed by atoms with Crippen molar-refractivity contribution in [2.24, 2.45) is 0 Å². The Bertz CT molecular complexity index is 621. The van der Waals surface area contributed by atoms with Crippen molar-refractivity contribution in [3.05, 3.63) is 0 Å². The average Bonchev–Trinajstić information content (AvgIpc) is 2.59. The molecule has 0 bridgehead atoms. The van der Waals surface area contributed by atoms with Crippen molar-refractivity contribution in [1.29, 1.82) is 0 Å². The van der Waals surface area contributed by atoms with Gasteiger partial charge in [0.05, 0.1) is 6.61 Å². The third-order valence-electron chi connectivity index (χ3n) is 3.99. The highest BCUT2D eigenvalue weighted by Crippen LogP contribution is 2.64. The molecule has 0 amide bonds. The Morgan fingerprint density at radius 1 is 0.469 bits per heavy atom. The molecular formula is C14H13F17O. The molecule has 194 valence electrons. The summed E-state index contributed by atoms with van der Waals surface area (Å²) in [7, 11) is 0. The van der Waals surface area contributed by atoms with Crippen LogP contribution in [0.15, 0.2) is 0 Å². The van der Waals surface area contributed by atoms with Crippen LogP contribution in [0.1, 0.15) is 26.2 Å². The lowest BCUT2D eigenvalue weighted by Gasteiger charge is -2.42. The Kier molecular flexibility index (Phi) is 8.51. The quantitative estimate of drug-likeness (QED) is 0.195. The average molecular weight is 520 g/mol. The van der Waals surface area contributed by atoms with Crippen LogP contribution in [0, 0.1) is 0 Å². The van der Waals surface area contributed by atoms with E-state index in [4.69, 9.17) is 0 Å². The fraction of sp³-hybridized carbons (Fsp3) is 1.00. The Hall–Kier alpha value is -1.23. The number of alkyl halides is 17. The number of unbranched alkanes of at least 4 members (excludes halogenated alkanes) is 1. The molecular weight excluding hydrogens is 507 g/mol. The van der Waals surface area contributed by atoms with Crippen molar-refractivity contribution in [2.75, 3.05) is 13.2 Å². The van der Waals surface area contributed by atoms with E-state index in [2.05, 4.69) is 4.74 Å². The van der Waals surface area contributed by atoms with Gasteiger partial charge in [-0.3, -0.25) is 0 Å². The van der Waals surface area contributed by atoms with Gasteiger partial charge in [-0.05, 0) is 6.42 Å². The first-order valence-corrected chi connectivity index (χ1v) is 8.10. The van der Waals surface area contributed by atoms with E-state index in [1.54, 1.807) is 0 Å². The SMILES string of the molecule is CCCCOCCC(F)(F)C(F)(F)C(F)(F)C(F)(F)C(F)(F)C(F)(F)C(F)(F)C(F)(F)F. The lowest BCUT2D eigenvalue weighted by Crippen LogP contribution is -2.74. The number of rotatable bonds is 12. The van der Waals surface area contributed by atoms with Gasteiger partial charge in [0.1, 0.15) is 0 Å². The van der Waals surface area contributed by atoms with E-state index in [1.165, 1.54) is 6.92 Å². The normalized spacial score (nSPS) is 15.9. The van der Waals surface area contributed by atoms with Crippen LogP contribution >= 0.6 is 0 Å². The first-order chi connectivity index (χ1) is 13.8. The van der Waals surface area contributed by atoms with Crippen molar-refractivity contribution in [3.63, 3.8) is 0 Å². The van der Waals surface area contributed by atoms with Gasteiger partial charge in [-0.1, -0.05) is 13.3 Å². The first-order valence-electron chi connectivity index (χ1n) is 8.10. The molecule has 0 rings (SSSR count). The molecule has 0 heterocycles. The van der Waals surface area contributed by atoms with Gasteiger partial charge in [0.25, 0.3) is 0 Å². The third kappa shape index (κ3) is 4.56. The Morgan fingerprint density at radius 3 is 1.16 bits per heavy atom. The monoisotopic (exact) mass is 520 g/mol. The maximum absolute atomic E-state index is 13.5. The molecule has 0 radical (unpaired) electrons. The number of hydrogen-bond acceptors (Lipinski definition) is 1. The number of ether oxygens (including phenoxy) is 1. The first kappa shape index (κ1) is 30.8. The van der Waals surface area contributed by atoms with Crippen molar-refractivity contribution in [1.82, 2.24) is 0 Å². The summed E-state index contributed by atoms with van der Waals surface area (Å²) in [5, 5.41) is 0. The smallest absolute Gasteiger partial charge is 0.381 e. The standard InChI is InChI=1S/C14H13F17O/c1-2-3-5-32-6-4-7(15,16)8(17,18)9(19,20)10(21,22)11(23,24)12(25,26)13(27,28)14(29,30)31/h2-6H2,1H3. The van der Waals surface area contributed by atoms with Crippen LogP contribution in [0.25, 0.3) is 0 Å². The molecule has 0 spiro atoms. The van der Waals surface area contributed by atoms with Crippen LogP contribution in [-0.2, 0) is 4.74 Å². The van der Waals surface area contributed by atoms with Gasteiger partial charge >= 0.3 is 47.6 Å². The van der Waals surface area contributed by atoms with E-state index in [-0.39, 0.29) is 6.42 Å². The molecule has 0 fully saturated rings. The fourth-order valence-electron chi connectivity index (χ4n) is 1.90. The van der Waals surface area contributed by atoms with Gasteiger partial charge in [-0.2, -0.15) is 74.6 Å². The van der Waals surface area contributed by atoms with Gasteiger partial charge in [-0.25, -0.2) is 0 Å². The molecule has 0 saturated heterocycles. The fourth-order valence-corrected chi connectivity index (χ4v) is 1.90. The second-order valence-electron chi connectivity index (χ2n) is 6.36. The van der Waals surface area contributed by atoms with Crippen molar-refractivity contribution in [3.8, 4) is 0 Å². The molecule has 0 aliphatic heterocycles. The summed E-state index contributed by atoms with van der Waals surface area (Å²) in [6.07, 6.45) is -9.85. The Labute approximate surface area is 167 Å². The Morgan fingerprint density at radius 2 is 0.812 bits per heavy atom. The van der Waals surface area contributed by atoms with Crippen molar-refractivity contribution >= 4 is 0 Å². The minimum Gasteiger partial charge on any atom is -0.381 e. The second-order valence-corrected chi connectivity index (χ2v) is 6.36. The zero-order valence-corrected chi connectivity index (χ0v) is 15.4. The third-order valence-corrected chi connectivity index (χ3v) is 3.99. The van der Waals surface area contributed by atoms with Gasteiger partial charge in [0, 0.05) is 13.0 Å². The largest absolute Gasteiger partial charge is 0.460 e. The summed E-state index contributed by atoms with van der Waals surface area (Å²) in [6.45, 7) is -0.461. The van der Waals surface area contributed by atoms with Crippen LogP contribution in [0.3, 0.4) is 0 Å². The predicted molar refractivity (Wildman–Crippen MR) is 71.0 cm³/mol. The topological polar surface area (TPSA) is 9.23 Å². The predicted octanol–water partition coefficient (Wildman–Crippen LogP) is 7.20. The van der Waals surface area contributed by atoms with Crippen LogP contribution in [0.2, 0.25) is 0 Å². The molecule has 0 N–H and O–H groups in total. The molecule has 0 aromatic heterocycles. The van der Waals surface area contributed by atoms with E-state index < -0.39 is 67.3 Å². The highest BCUT2D eigenvalue weighted by Gasteiger charge is 2.95. The van der Waals surface area contributed by atoms with Gasteiger partial charge in [-0.15, -0.1) is 0 Å². The molecule has 32 heavy (non-hydrogen) atoms. The summed E-state index contributed by atoms with van der Waals surface area (Å²) in [4.78, 5) is 0. The molecule has 0 aromatic carbocycles. The van der Waals surface area contributed by atoms with Crippen molar-refractivity contribution in [2.45, 2.75) is 73.8 Å². The number of halogens is 17. The van der Waals surface area contributed by atoms with E-state index in [9.17, 15) is 74.6 Å². The highest BCUT2D eigenvalue weighted by atomic mass is 19.4. The molecule has 1 nitrogen and oxygen atoms in total. The van der Waals surface area contributed by atoms with Gasteiger partial charge < -0.3 is 4.74 Å². The summed E-state index contributed by atoms with van der Waals surface area (Å²) < 4.78 is 225. The molecule has 0 atom stereocenters. The van der Waals surface area contributed by atoms with Crippen LogP contribution in [-0.4, -0.2) is 60.8 Å². The molecule has 0 saturated carbocycles. The summed E-state index contributed by atoms with van der Waals surface area (Å²) >= 11 is 0. The summed E-state index contributed by atoms with van der Waals surface area (Å²) in [5.74, 6) is -56.0. The maximum atomic E-state index is 13.5. The Balaban J connectivity index is 6.25. The van der Waals surface area contributed by atoms with E-state index in [0.717, 1.165) is 0 Å². The van der Waals surface area contributed by atoms with Gasteiger partial charge in [0.2, 0.25) is 0 Å². The van der Waals surface area contributed by atoms with Crippen LogP contribution in [0.4, 0.5) is 74.6 Å². The van der Waals surface area contributed by atoms with E-state index in [1.807, 2.05) is 0 Å². The van der Waals surface area contributed by atoms with E-state index >= 15 is 0 Å². The van der Waals surface area contributed by atoms with Crippen molar-refractivity contribution < 1.29 is 79.4 Å². The minimum absolute atomic E-state index is 0.116. The highest BCUT2D eigenvalue weighted by molar-refractivity contribution is 5.15. The molecule has 18 heteroatoms. The van der Waals surface area contributed by atoms with Gasteiger partial charge in [0.15, 0.2) is 0 Å². The molecule has 0 unspecified atom stereocenters. The van der Waals surface area contributed by atoms with Crippen LogP contribution in [0.5, 0.6) is 0 Å². The molecule has 0 aliphatic rings. The zero-order chi connectivity index (χ0) is 26.2. The summed E-state index contributed by atoms with van der Waals surface area (Å²) in [5.41, 5.74) is 0. The lowest BCUT2D eigenvalue weighted by atomic mass is 9.88.